The Morgan fingerprint density at radius 2 is 1.40 bits per heavy atom. The molecule has 0 atom stereocenters. The summed E-state index contributed by atoms with van der Waals surface area (Å²) in [5.74, 6) is -0.0742. The number of carbonyl (C=O) groups is 2. The maximum atomic E-state index is 12.8. The highest BCUT2D eigenvalue weighted by Crippen LogP contribution is 2.17. The molecule has 25 heavy (non-hydrogen) atoms. The molecule has 0 radical (unpaired) electrons. The van der Waals surface area contributed by atoms with E-state index in [9.17, 15) is 9.59 Å². The molecule has 2 rings (SSSR count). The fourth-order valence-corrected chi connectivity index (χ4v) is 2.68. The van der Waals surface area contributed by atoms with Crippen LogP contribution in [0.4, 0.5) is 5.69 Å². The smallest absolute Gasteiger partial charge is 0.258 e. The van der Waals surface area contributed by atoms with Crippen molar-refractivity contribution >= 4 is 17.5 Å². The van der Waals surface area contributed by atoms with Crippen molar-refractivity contribution in [3.8, 4) is 0 Å². The second-order valence-corrected chi connectivity index (χ2v) is 6.04. The van der Waals surface area contributed by atoms with Crippen molar-refractivity contribution in [2.45, 2.75) is 26.7 Å². The van der Waals surface area contributed by atoms with E-state index in [2.05, 4.69) is 6.92 Å². The van der Waals surface area contributed by atoms with E-state index in [-0.39, 0.29) is 11.8 Å². The van der Waals surface area contributed by atoms with Crippen molar-refractivity contribution in [3.63, 3.8) is 0 Å². The average Bonchev–Trinajstić information content (AvgIpc) is 2.67. The Morgan fingerprint density at radius 3 is 1.92 bits per heavy atom. The molecular formula is C21H26N2O2. The molecule has 0 spiro atoms. The summed E-state index contributed by atoms with van der Waals surface area (Å²) in [5, 5.41) is 0. The number of hydrogen-bond donors (Lipinski definition) is 0. The predicted molar refractivity (Wildman–Crippen MR) is 102 cm³/mol. The number of amides is 2. The Balaban J connectivity index is 2.13. The Labute approximate surface area is 150 Å². The molecule has 0 aliphatic rings. The normalized spacial score (nSPS) is 10.4. The number of anilines is 1. The number of para-hydroxylation sites is 1. The summed E-state index contributed by atoms with van der Waals surface area (Å²) in [6.07, 6.45) is 2.04. The number of carbonyl (C=O) groups excluding carboxylic acids is 2. The van der Waals surface area contributed by atoms with Crippen LogP contribution in [0, 0.1) is 0 Å². The molecule has 0 aliphatic carbocycles. The van der Waals surface area contributed by atoms with Gasteiger partial charge in [0.25, 0.3) is 11.8 Å². The minimum absolute atomic E-state index is 0.0112. The van der Waals surface area contributed by atoms with E-state index in [0.29, 0.717) is 17.7 Å². The molecule has 0 fully saturated rings. The molecule has 0 saturated carbocycles. The Hall–Kier alpha value is -2.62. The summed E-state index contributed by atoms with van der Waals surface area (Å²) in [5.41, 5.74) is 2.06. The topological polar surface area (TPSA) is 40.6 Å². The van der Waals surface area contributed by atoms with Gasteiger partial charge in [-0.05, 0) is 49.7 Å². The van der Waals surface area contributed by atoms with Gasteiger partial charge >= 0.3 is 0 Å². The molecule has 0 bridgehead atoms. The first-order valence-electron chi connectivity index (χ1n) is 8.81. The lowest BCUT2D eigenvalue weighted by molar-refractivity contribution is 0.0792. The predicted octanol–water partition coefficient (Wildman–Crippen LogP) is 4.23. The second-order valence-electron chi connectivity index (χ2n) is 6.04. The van der Waals surface area contributed by atoms with Crippen LogP contribution in [0.1, 0.15) is 47.4 Å². The summed E-state index contributed by atoms with van der Waals surface area (Å²) < 4.78 is 0. The molecule has 0 saturated heterocycles. The molecule has 4 heteroatoms. The number of unbranched alkanes of at least 4 members (excludes halogenated alkanes) is 1. The van der Waals surface area contributed by atoms with E-state index < -0.39 is 0 Å². The molecule has 2 aromatic rings. The molecule has 2 amide bonds. The molecule has 2 aromatic carbocycles. The van der Waals surface area contributed by atoms with Crippen LogP contribution in [0.15, 0.2) is 54.6 Å². The number of hydrogen-bond acceptors (Lipinski definition) is 2. The number of nitrogens with zero attached hydrogens (tertiary/aromatic N) is 2. The van der Waals surface area contributed by atoms with Crippen LogP contribution in [0.5, 0.6) is 0 Å². The van der Waals surface area contributed by atoms with Gasteiger partial charge in [-0.15, -0.1) is 0 Å². The van der Waals surface area contributed by atoms with Crippen molar-refractivity contribution in [1.29, 1.82) is 0 Å². The highest BCUT2D eigenvalue weighted by atomic mass is 16.2. The quantitative estimate of drug-likeness (QED) is 0.758. The molecule has 0 heterocycles. The van der Waals surface area contributed by atoms with Gasteiger partial charge < -0.3 is 9.80 Å². The van der Waals surface area contributed by atoms with Gasteiger partial charge in [-0.2, -0.15) is 0 Å². The lowest BCUT2D eigenvalue weighted by atomic mass is 10.1. The lowest BCUT2D eigenvalue weighted by Gasteiger charge is -2.21. The fraction of sp³-hybridized carbons (Fsp3) is 0.333. The van der Waals surface area contributed by atoms with E-state index in [1.54, 1.807) is 34.1 Å². The second kappa shape index (κ2) is 9.02. The van der Waals surface area contributed by atoms with Gasteiger partial charge in [0.05, 0.1) is 0 Å². The summed E-state index contributed by atoms with van der Waals surface area (Å²) in [6, 6.07) is 16.5. The molecule has 0 aromatic heterocycles. The number of rotatable bonds is 7. The fourth-order valence-electron chi connectivity index (χ4n) is 2.68. The molecule has 0 N–H and O–H groups in total. The van der Waals surface area contributed by atoms with E-state index in [0.717, 1.165) is 25.1 Å². The van der Waals surface area contributed by atoms with E-state index in [4.69, 9.17) is 0 Å². The van der Waals surface area contributed by atoms with Gasteiger partial charge in [0.15, 0.2) is 0 Å². The molecular weight excluding hydrogens is 312 g/mol. The van der Waals surface area contributed by atoms with Crippen molar-refractivity contribution in [1.82, 2.24) is 4.90 Å². The minimum atomic E-state index is -0.0629. The first kappa shape index (κ1) is 18.7. The van der Waals surface area contributed by atoms with Crippen LogP contribution < -0.4 is 4.90 Å². The Morgan fingerprint density at radius 1 is 0.840 bits per heavy atom. The van der Waals surface area contributed by atoms with Crippen molar-refractivity contribution < 1.29 is 9.59 Å². The largest absolute Gasteiger partial charge is 0.342 e. The third-order valence-corrected chi connectivity index (χ3v) is 4.20. The van der Waals surface area contributed by atoms with Gasteiger partial charge in [-0.1, -0.05) is 31.5 Å². The Bertz CT molecular complexity index is 696. The van der Waals surface area contributed by atoms with Gasteiger partial charge in [0.2, 0.25) is 0 Å². The van der Waals surface area contributed by atoms with Gasteiger partial charge in [0, 0.05) is 37.0 Å². The first-order valence-corrected chi connectivity index (χ1v) is 8.81. The third-order valence-electron chi connectivity index (χ3n) is 4.20. The molecule has 0 unspecified atom stereocenters. The van der Waals surface area contributed by atoms with Gasteiger partial charge in [0.1, 0.15) is 0 Å². The zero-order chi connectivity index (χ0) is 18.2. The highest BCUT2D eigenvalue weighted by Gasteiger charge is 2.17. The maximum absolute atomic E-state index is 12.8. The van der Waals surface area contributed by atoms with Crippen molar-refractivity contribution in [3.05, 3.63) is 65.7 Å². The van der Waals surface area contributed by atoms with Gasteiger partial charge in [-0.25, -0.2) is 0 Å². The van der Waals surface area contributed by atoms with Crippen LogP contribution in [0.3, 0.4) is 0 Å². The summed E-state index contributed by atoms with van der Waals surface area (Å²) >= 11 is 0. The van der Waals surface area contributed by atoms with Crippen molar-refractivity contribution in [2.24, 2.45) is 0 Å². The summed E-state index contributed by atoms with van der Waals surface area (Å²) in [7, 11) is 1.81. The Kier molecular flexibility index (Phi) is 6.75. The first-order chi connectivity index (χ1) is 12.1. The van der Waals surface area contributed by atoms with E-state index in [1.807, 2.05) is 44.3 Å². The zero-order valence-corrected chi connectivity index (χ0v) is 15.2. The maximum Gasteiger partial charge on any atom is 0.258 e. The van der Waals surface area contributed by atoms with Crippen LogP contribution >= 0.6 is 0 Å². The third kappa shape index (κ3) is 4.69. The lowest BCUT2D eigenvalue weighted by Crippen LogP contribution is -2.31. The monoisotopic (exact) mass is 338 g/mol. The van der Waals surface area contributed by atoms with Crippen LogP contribution in [0.25, 0.3) is 0 Å². The summed E-state index contributed by atoms with van der Waals surface area (Å²) in [4.78, 5) is 28.6. The molecule has 0 aliphatic heterocycles. The average molecular weight is 338 g/mol. The number of benzene rings is 2. The van der Waals surface area contributed by atoms with E-state index >= 15 is 0 Å². The summed E-state index contributed by atoms with van der Waals surface area (Å²) in [6.45, 7) is 5.38. The van der Waals surface area contributed by atoms with E-state index in [1.165, 1.54) is 0 Å². The SMILES string of the molecule is CCCCN(C)C(=O)c1ccc(C(=O)N(CC)c2ccccc2)cc1. The van der Waals surface area contributed by atoms with Crippen LogP contribution in [-0.2, 0) is 0 Å². The van der Waals surface area contributed by atoms with Crippen LogP contribution in [-0.4, -0.2) is 36.9 Å². The molecule has 132 valence electrons. The zero-order valence-electron chi connectivity index (χ0n) is 15.2. The standard InChI is InChI=1S/C21H26N2O2/c1-4-6-16-22(3)20(24)17-12-14-18(15-13-17)21(25)23(5-2)19-10-8-7-9-11-19/h7-15H,4-6,16H2,1-3H3. The minimum Gasteiger partial charge on any atom is -0.342 e. The van der Waals surface area contributed by atoms with Gasteiger partial charge in [-0.3, -0.25) is 9.59 Å². The highest BCUT2D eigenvalue weighted by molar-refractivity contribution is 6.06. The van der Waals surface area contributed by atoms with Crippen molar-refractivity contribution in [2.75, 3.05) is 25.0 Å². The molecule has 4 nitrogen and oxygen atoms in total. The van der Waals surface area contributed by atoms with Crippen LogP contribution in [0.2, 0.25) is 0 Å².